The molecule has 4 rings (SSSR count). The number of nitrogens with zero attached hydrogens (tertiary/aromatic N) is 4. The molecule has 1 aromatic carbocycles. The topological polar surface area (TPSA) is 58.1 Å². The van der Waals surface area contributed by atoms with Gasteiger partial charge in [-0.05, 0) is 44.6 Å². The van der Waals surface area contributed by atoms with Gasteiger partial charge in [-0.25, -0.2) is 4.98 Å². The van der Waals surface area contributed by atoms with Crippen LogP contribution in [0.4, 0.5) is 0 Å². The molecule has 7 heteroatoms. The molecule has 2 aromatic rings. The monoisotopic (exact) mass is 438 g/mol. The maximum Gasteiger partial charge on any atom is 0.236 e. The number of hydrogen-bond donors (Lipinski definition) is 0. The maximum absolute atomic E-state index is 13.0. The number of fused-ring (bicyclic) bond motifs is 2. The van der Waals surface area contributed by atoms with E-state index in [4.69, 9.17) is 9.47 Å². The third-order valence-corrected chi connectivity index (χ3v) is 6.14. The zero-order valence-corrected chi connectivity index (χ0v) is 19.0. The van der Waals surface area contributed by atoms with Crippen LogP contribution in [0, 0.1) is 0 Å². The number of hydrogen-bond acceptors (Lipinski definition) is 6. The zero-order valence-electron chi connectivity index (χ0n) is 19.0. The Morgan fingerprint density at radius 1 is 0.938 bits per heavy atom. The summed E-state index contributed by atoms with van der Waals surface area (Å²) in [5, 5.41) is 0. The van der Waals surface area contributed by atoms with Crippen LogP contribution in [0.5, 0.6) is 17.4 Å². The van der Waals surface area contributed by atoms with Crippen LogP contribution >= 0.6 is 0 Å². The highest BCUT2D eigenvalue weighted by Crippen LogP contribution is 2.32. The zero-order chi connectivity index (χ0) is 22.2. The quantitative estimate of drug-likeness (QED) is 0.716. The second-order valence-corrected chi connectivity index (χ2v) is 8.67. The Labute approximate surface area is 190 Å². The molecule has 3 heterocycles. The minimum absolute atomic E-state index is 0.212. The van der Waals surface area contributed by atoms with Crippen LogP contribution in [0.15, 0.2) is 42.6 Å². The highest BCUT2D eigenvalue weighted by molar-refractivity contribution is 5.78. The van der Waals surface area contributed by atoms with Gasteiger partial charge in [0.25, 0.3) is 0 Å². The Hall–Kier alpha value is -2.64. The predicted molar refractivity (Wildman–Crippen MR) is 124 cm³/mol. The number of para-hydroxylation sites is 2. The molecule has 0 aliphatic carbocycles. The molecule has 0 N–H and O–H groups in total. The van der Waals surface area contributed by atoms with E-state index in [9.17, 15) is 4.79 Å². The maximum atomic E-state index is 13.0. The van der Waals surface area contributed by atoms with Crippen molar-refractivity contribution in [1.82, 2.24) is 19.7 Å². The van der Waals surface area contributed by atoms with Crippen molar-refractivity contribution in [3.05, 3.63) is 48.2 Å². The fourth-order valence-corrected chi connectivity index (χ4v) is 4.17. The van der Waals surface area contributed by atoms with Gasteiger partial charge in [0.05, 0.1) is 13.2 Å². The van der Waals surface area contributed by atoms with E-state index < -0.39 is 0 Å². The third kappa shape index (κ3) is 6.20. The van der Waals surface area contributed by atoms with Crippen molar-refractivity contribution in [2.24, 2.45) is 0 Å². The first-order chi connectivity index (χ1) is 15.7. The van der Waals surface area contributed by atoms with E-state index in [0.29, 0.717) is 31.3 Å². The number of carbonyl (C=O) groups excluding carboxylic acids is 1. The van der Waals surface area contributed by atoms with Crippen LogP contribution in [-0.4, -0.2) is 78.5 Å². The molecule has 2 aliphatic rings. The number of likely N-dealkylation sites (N-methyl/N-ethyl adjacent to an activating group) is 1. The fraction of sp³-hybridized carbons (Fsp3) is 0.520. The molecule has 32 heavy (non-hydrogen) atoms. The average Bonchev–Trinajstić information content (AvgIpc) is 2.80. The second-order valence-electron chi connectivity index (χ2n) is 8.67. The van der Waals surface area contributed by atoms with Crippen LogP contribution in [0.2, 0.25) is 0 Å². The van der Waals surface area contributed by atoms with Crippen LogP contribution in [0.3, 0.4) is 0 Å². The standard InChI is InChI=1S/C25H34N4O3/c1-27-14-16-29(17-15-27)24(30)20-28-13-6-2-3-7-18-31-22-10-4-5-11-23(22)32-25-21(19-28)9-8-12-26-25/h4-5,8-12H,2-3,6-7,13-20H2,1H3. The summed E-state index contributed by atoms with van der Waals surface area (Å²) in [6.07, 6.45) is 6.04. The molecule has 2 aliphatic heterocycles. The van der Waals surface area contributed by atoms with Crippen molar-refractivity contribution in [3.8, 4) is 17.4 Å². The van der Waals surface area contributed by atoms with Gasteiger partial charge in [-0.15, -0.1) is 0 Å². The first-order valence-electron chi connectivity index (χ1n) is 11.7. The molecule has 0 atom stereocenters. The Morgan fingerprint density at radius 2 is 1.72 bits per heavy atom. The SMILES string of the molecule is CN1CCN(C(=O)CN2CCCCCCOc3ccccc3Oc3ncccc3C2)CC1. The molecule has 7 nitrogen and oxygen atoms in total. The molecular weight excluding hydrogens is 404 g/mol. The number of ether oxygens (including phenoxy) is 2. The lowest BCUT2D eigenvalue weighted by Crippen LogP contribution is -2.50. The first-order valence-corrected chi connectivity index (χ1v) is 11.7. The van der Waals surface area contributed by atoms with E-state index >= 15 is 0 Å². The first kappa shape index (κ1) is 22.6. The summed E-state index contributed by atoms with van der Waals surface area (Å²) in [5.41, 5.74) is 0.977. The van der Waals surface area contributed by atoms with Gasteiger partial charge in [-0.3, -0.25) is 9.69 Å². The number of carbonyl (C=O) groups is 1. The molecule has 1 fully saturated rings. The fourth-order valence-electron chi connectivity index (χ4n) is 4.17. The van der Waals surface area contributed by atoms with Crippen LogP contribution in [0.25, 0.3) is 0 Å². The number of pyridine rings is 1. The summed E-state index contributed by atoms with van der Waals surface area (Å²) < 4.78 is 12.2. The summed E-state index contributed by atoms with van der Waals surface area (Å²) in [7, 11) is 2.11. The van der Waals surface area contributed by atoms with E-state index in [2.05, 4.69) is 21.8 Å². The summed E-state index contributed by atoms with van der Waals surface area (Å²) >= 11 is 0. The lowest BCUT2D eigenvalue weighted by molar-refractivity contribution is -0.134. The second kappa shape index (κ2) is 11.3. The van der Waals surface area contributed by atoms with Gasteiger partial charge in [0, 0.05) is 44.5 Å². The highest BCUT2D eigenvalue weighted by Gasteiger charge is 2.22. The molecule has 0 bridgehead atoms. The predicted octanol–water partition coefficient (Wildman–Crippen LogP) is 3.40. The number of rotatable bonds is 2. The van der Waals surface area contributed by atoms with Gasteiger partial charge in [0.1, 0.15) is 0 Å². The summed E-state index contributed by atoms with van der Waals surface area (Å²) in [6.45, 7) is 6.10. The van der Waals surface area contributed by atoms with E-state index in [1.54, 1.807) is 6.20 Å². The summed E-state index contributed by atoms with van der Waals surface area (Å²) in [5.74, 6) is 2.19. The number of amides is 1. The lowest BCUT2D eigenvalue weighted by atomic mass is 10.1. The molecule has 0 saturated carbocycles. The molecule has 1 saturated heterocycles. The van der Waals surface area contributed by atoms with Crippen LogP contribution in [-0.2, 0) is 11.3 Å². The molecule has 0 spiro atoms. The molecule has 0 unspecified atom stereocenters. The van der Waals surface area contributed by atoms with Crippen molar-refractivity contribution in [1.29, 1.82) is 0 Å². The Morgan fingerprint density at radius 3 is 2.56 bits per heavy atom. The van der Waals surface area contributed by atoms with Crippen molar-refractivity contribution >= 4 is 5.91 Å². The van der Waals surface area contributed by atoms with Gasteiger partial charge < -0.3 is 19.3 Å². The van der Waals surface area contributed by atoms with E-state index in [1.165, 1.54) is 0 Å². The lowest BCUT2D eigenvalue weighted by Gasteiger charge is -2.34. The van der Waals surface area contributed by atoms with E-state index in [1.807, 2.05) is 41.3 Å². The number of piperazine rings is 1. The minimum Gasteiger partial charge on any atom is -0.490 e. The Kier molecular flexibility index (Phi) is 7.96. The van der Waals surface area contributed by atoms with Gasteiger partial charge in [0.15, 0.2) is 11.5 Å². The molecule has 172 valence electrons. The molecular formula is C25H34N4O3. The smallest absolute Gasteiger partial charge is 0.236 e. The van der Waals surface area contributed by atoms with Gasteiger partial charge in [-0.1, -0.05) is 31.0 Å². The molecule has 1 aromatic heterocycles. The van der Waals surface area contributed by atoms with Crippen molar-refractivity contribution in [3.63, 3.8) is 0 Å². The van der Waals surface area contributed by atoms with Crippen LogP contribution in [0.1, 0.15) is 31.2 Å². The Bertz CT molecular complexity index is 883. The third-order valence-electron chi connectivity index (χ3n) is 6.14. The van der Waals surface area contributed by atoms with Gasteiger partial charge in [-0.2, -0.15) is 0 Å². The van der Waals surface area contributed by atoms with E-state index in [0.717, 1.165) is 69.7 Å². The average molecular weight is 439 g/mol. The largest absolute Gasteiger partial charge is 0.490 e. The van der Waals surface area contributed by atoms with Gasteiger partial charge in [0.2, 0.25) is 11.8 Å². The Balaban J connectivity index is 1.52. The highest BCUT2D eigenvalue weighted by atomic mass is 16.5. The number of aromatic nitrogens is 1. The normalized spacial score (nSPS) is 19.1. The van der Waals surface area contributed by atoms with Crippen molar-refractivity contribution in [2.75, 3.05) is 52.9 Å². The minimum atomic E-state index is 0.212. The molecule has 1 amide bonds. The molecule has 0 radical (unpaired) electrons. The summed E-state index contributed by atoms with van der Waals surface area (Å²) in [6, 6.07) is 11.7. The van der Waals surface area contributed by atoms with Gasteiger partial charge >= 0.3 is 0 Å². The summed E-state index contributed by atoms with van der Waals surface area (Å²) in [4.78, 5) is 24.0. The number of benzene rings is 1. The van der Waals surface area contributed by atoms with E-state index in [-0.39, 0.29) is 5.91 Å². The van der Waals surface area contributed by atoms with Crippen molar-refractivity contribution < 1.29 is 14.3 Å². The van der Waals surface area contributed by atoms with Crippen molar-refractivity contribution in [2.45, 2.75) is 32.2 Å². The van der Waals surface area contributed by atoms with Crippen LogP contribution < -0.4 is 9.47 Å².